The Balaban J connectivity index is 1.88. The standard InChI is InChI=1S/C22H22F4N6O3/c23-15-11-13-17(32(6-1-3-27)12-14(19(13)33)20(34)35)16(22(24,25)26)18(15)30-7-9-31(10-8-30)21-28-4-2-5-29-21/h2,4-5,11-12H,1,3,6-10,27H2,(H,34,35). The third-order valence-corrected chi connectivity index (χ3v) is 5.84. The summed E-state index contributed by atoms with van der Waals surface area (Å²) in [6.45, 7) is 0.622. The maximum absolute atomic E-state index is 15.3. The van der Waals surface area contributed by atoms with Crippen LogP contribution in [0, 0.1) is 5.82 Å². The lowest BCUT2D eigenvalue weighted by Gasteiger charge is -2.37. The van der Waals surface area contributed by atoms with Gasteiger partial charge in [0.25, 0.3) is 0 Å². The van der Waals surface area contributed by atoms with E-state index in [1.165, 1.54) is 4.90 Å². The minimum absolute atomic E-state index is 0.0456. The molecule has 3 aromatic rings. The van der Waals surface area contributed by atoms with Crippen LogP contribution < -0.4 is 21.0 Å². The first kappa shape index (κ1) is 24.4. The molecular formula is C22H22F4N6O3. The number of alkyl halides is 3. The zero-order valence-corrected chi connectivity index (χ0v) is 18.4. The van der Waals surface area contributed by atoms with Crippen molar-refractivity contribution in [2.75, 3.05) is 42.5 Å². The van der Waals surface area contributed by atoms with Crippen molar-refractivity contribution >= 4 is 28.5 Å². The summed E-state index contributed by atoms with van der Waals surface area (Å²) in [6.07, 6.45) is -0.852. The molecule has 3 heterocycles. The first-order chi connectivity index (χ1) is 16.6. The van der Waals surface area contributed by atoms with Crippen molar-refractivity contribution in [2.24, 2.45) is 5.73 Å². The summed E-state index contributed by atoms with van der Waals surface area (Å²) in [5.74, 6) is -2.45. The lowest BCUT2D eigenvalue weighted by atomic mass is 10.0. The Bertz CT molecular complexity index is 1300. The third-order valence-electron chi connectivity index (χ3n) is 5.84. The predicted octanol–water partition coefficient (Wildman–Crippen LogP) is 2.32. The lowest BCUT2D eigenvalue weighted by Crippen LogP contribution is -2.48. The number of nitrogens with two attached hydrogens (primary N) is 1. The Morgan fingerprint density at radius 2 is 1.74 bits per heavy atom. The molecular weight excluding hydrogens is 472 g/mol. The number of piperazine rings is 1. The number of carboxylic acid groups (broad SMARTS) is 1. The summed E-state index contributed by atoms with van der Waals surface area (Å²) < 4.78 is 59.8. The molecule has 13 heteroatoms. The van der Waals surface area contributed by atoms with Gasteiger partial charge in [-0.25, -0.2) is 19.2 Å². The molecule has 3 N–H and O–H groups in total. The molecule has 0 atom stereocenters. The summed E-state index contributed by atoms with van der Waals surface area (Å²) in [7, 11) is 0. The van der Waals surface area contributed by atoms with Gasteiger partial charge in [0.1, 0.15) is 16.9 Å². The molecule has 35 heavy (non-hydrogen) atoms. The van der Waals surface area contributed by atoms with E-state index < -0.39 is 51.1 Å². The molecule has 1 aromatic carbocycles. The number of carboxylic acids is 1. The van der Waals surface area contributed by atoms with Gasteiger partial charge in [-0.2, -0.15) is 13.2 Å². The second-order valence-corrected chi connectivity index (χ2v) is 8.01. The zero-order chi connectivity index (χ0) is 25.3. The van der Waals surface area contributed by atoms with E-state index in [1.54, 1.807) is 23.4 Å². The topological polar surface area (TPSA) is 118 Å². The van der Waals surface area contributed by atoms with Gasteiger partial charge in [-0.15, -0.1) is 0 Å². The zero-order valence-electron chi connectivity index (χ0n) is 18.4. The summed E-state index contributed by atoms with van der Waals surface area (Å²) in [5.41, 5.74) is 1.02. The normalized spacial score (nSPS) is 14.5. The molecule has 0 amide bonds. The molecule has 1 aliphatic heterocycles. The quantitative estimate of drug-likeness (QED) is 0.502. The van der Waals surface area contributed by atoms with Crippen LogP contribution in [0.3, 0.4) is 0 Å². The number of hydrogen-bond acceptors (Lipinski definition) is 7. The number of aromatic nitrogens is 3. The Morgan fingerprint density at radius 1 is 1.11 bits per heavy atom. The maximum atomic E-state index is 15.3. The number of rotatable bonds is 6. The average molecular weight is 494 g/mol. The number of benzene rings is 1. The van der Waals surface area contributed by atoms with Crippen LogP contribution in [0.15, 0.2) is 35.5 Å². The van der Waals surface area contributed by atoms with Gasteiger partial charge in [-0.05, 0) is 25.1 Å². The van der Waals surface area contributed by atoms with Crippen LogP contribution in [0.25, 0.3) is 10.9 Å². The SMILES string of the molecule is NCCCn1cc(C(=O)O)c(=O)c2cc(F)c(N3CCN(c4ncccn4)CC3)c(C(F)(F)F)c21. The number of halogens is 4. The van der Waals surface area contributed by atoms with Crippen molar-refractivity contribution in [3.63, 3.8) is 0 Å². The Labute approximate surface area is 196 Å². The number of nitrogens with zero attached hydrogens (tertiary/aromatic N) is 5. The molecule has 0 bridgehead atoms. The van der Waals surface area contributed by atoms with Gasteiger partial charge in [0.05, 0.1) is 16.6 Å². The number of fused-ring (bicyclic) bond motifs is 1. The van der Waals surface area contributed by atoms with Gasteiger partial charge in [-0.3, -0.25) is 4.79 Å². The lowest BCUT2D eigenvalue weighted by molar-refractivity contribution is -0.136. The largest absolute Gasteiger partial charge is 0.477 e. The van der Waals surface area contributed by atoms with Crippen LogP contribution in [0.5, 0.6) is 0 Å². The maximum Gasteiger partial charge on any atom is 0.420 e. The summed E-state index contributed by atoms with van der Waals surface area (Å²) in [5, 5.41) is 8.73. The molecule has 1 aliphatic rings. The molecule has 9 nitrogen and oxygen atoms in total. The van der Waals surface area contributed by atoms with E-state index >= 15 is 4.39 Å². The van der Waals surface area contributed by atoms with Crippen LogP contribution in [-0.2, 0) is 12.7 Å². The van der Waals surface area contributed by atoms with Crippen molar-refractivity contribution in [3.05, 3.63) is 57.9 Å². The minimum atomic E-state index is -5.03. The highest BCUT2D eigenvalue weighted by molar-refractivity contribution is 5.95. The predicted molar refractivity (Wildman–Crippen MR) is 120 cm³/mol. The van der Waals surface area contributed by atoms with E-state index in [4.69, 9.17) is 5.73 Å². The molecule has 1 fully saturated rings. The van der Waals surface area contributed by atoms with Gasteiger partial charge in [0.15, 0.2) is 0 Å². The van der Waals surface area contributed by atoms with Crippen LogP contribution >= 0.6 is 0 Å². The van der Waals surface area contributed by atoms with E-state index in [0.717, 1.165) is 10.8 Å². The molecule has 186 valence electrons. The highest BCUT2D eigenvalue weighted by Crippen LogP contribution is 2.43. The first-order valence-corrected chi connectivity index (χ1v) is 10.8. The van der Waals surface area contributed by atoms with E-state index in [-0.39, 0.29) is 45.7 Å². The first-order valence-electron chi connectivity index (χ1n) is 10.8. The molecule has 0 spiro atoms. The second kappa shape index (κ2) is 9.49. The van der Waals surface area contributed by atoms with Crippen molar-refractivity contribution < 1.29 is 27.5 Å². The fraction of sp³-hybridized carbons (Fsp3) is 0.364. The van der Waals surface area contributed by atoms with E-state index in [2.05, 4.69) is 9.97 Å². The number of aromatic carboxylic acids is 1. The second-order valence-electron chi connectivity index (χ2n) is 8.01. The monoisotopic (exact) mass is 494 g/mol. The molecule has 0 unspecified atom stereocenters. The molecule has 0 aliphatic carbocycles. The minimum Gasteiger partial charge on any atom is -0.477 e. The van der Waals surface area contributed by atoms with Crippen LogP contribution in [-0.4, -0.2) is 58.3 Å². The van der Waals surface area contributed by atoms with Gasteiger partial charge < -0.3 is 25.2 Å². The highest BCUT2D eigenvalue weighted by atomic mass is 19.4. The molecule has 4 rings (SSSR count). The van der Waals surface area contributed by atoms with E-state index in [1.807, 2.05) is 0 Å². The number of carbonyl (C=O) groups is 1. The van der Waals surface area contributed by atoms with Crippen molar-refractivity contribution in [1.29, 1.82) is 0 Å². The van der Waals surface area contributed by atoms with Crippen molar-refractivity contribution in [1.82, 2.24) is 14.5 Å². The van der Waals surface area contributed by atoms with Crippen molar-refractivity contribution in [2.45, 2.75) is 19.1 Å². The van der Waals surface area contributed by atoms with Gasteiger partial charge in [0, 0.05) is 51.3 Å². The average Bonchev–Trinajstić information content (AvgIpc) is 2.83. The van der Waals surface area contributed by atoms with E-state index in [0.29, 0.717) is 12.0 Å². The Kier molecular flexibility index (Phi) is 6.61. The van der Waals surface area contributed by atoms with Crippen molar-refractivity contribution in [3.8, 4) is 0 Å². The summed E-state index contributed by atoms with van der Waals surface area (Å²) >= 11 is 0. The Morgan fingerprint density at radius 3 is 2.31 bits per heavy atom. The van der Waals surface area contributed by atoms with Gasteiger partial charge in [-0.1, -0.05) is 0 Å². The molecule has 0 saturated carbocycles. The number of pyridine rings is 1. The third kappa shape index (κ3) is 4.63. The highest BCUT2D eigenvalue weighted by Gasteiger charge is 2.41. The van der Waals surface area contributed by atoms with Crippen LogP contribution in [0.4, 0.5) is 29.2 Å². The number of aryl methyl sites for hydroxylation is 1. The van der Waals surface area contributed by atoms with Crippen LogP contribution in [0.2, 0.25) is 0 Å². The number of hydrogen-bond donors (Lipinski definition) is 2. The molecule has 1 saturated heterocycles. The fourth-order valence-corrected chi connectivity index (χ4v) is 4.28. The molecule has 2 aromatic heterocycles. The smallest absolute Gasteiger partial charge is 0.420 e. The molecule has 0 radical (unpaired) electrons. The Hall–Kier alpha value is -3.74. The summed E-state index contributed by atoms with van der Waals surface area (Å²) in [4.78, 5) is 35.6. The fourth-order valence-electron chi connectivity index (χ4n) is 4.28. The summed E-state index contributed by atoms with van der Waals surface area (Å²) in [6, 6.07) is 2.33. The van der Waals surface area contributed by atoms with Crippen LogP contribution in [0.1, 0.15) is 22.3 Å². The van der Waals surface area contributed by atoms with E-state index in [9.17, 15) is 27.9 Å². The number of anilines is 2. The van der Waals surface area contributed by atoms with Gasteiger partial charge in [0.2, 0.25) is 11.4 Å². The van der Waals surface area contributed by atoms with Gasteiger partial charge >= 0.3 is 12.1 Å².